The number of ether oxygens (including phenoxy) is 6. The van der Waals surface area contributed by atoms with Gasteiger partial charge in [-0.25, -0.2) is 4.79 Å². The van der Waals surface area contributed by atoms with E-state index in [1.807, 2.05) is 19.9 Å². The van der Waals surface area contributed by atoms with Crippen molar-refractivity contribution in [3.63, 3.8) is 0 Å². The van der Waals surface area contributed by atoms with Crippen molar-refractivity contribution in [3.8, 4) is 11.5 Å². The summed E-state index contributed by atoms with van der Waals surface area (Å²) in [5.41, 5.74) is 3.14. The first-order valence-corrected chi connectivity index (χ1v) is 31.7. The maximum Gasteiger partial charge on any atom is 0.342 e. The summed E-state index contributed by atoms with van der Waals surface area (Å²) in [4.78, 5) is 63.5. The third kappa shape index (κ3) is 33.5. The second kappa shape index (κ2) is 45.6. The van der Waals surface area contributed by atoms with Crippen LogP contribution in [0.3, 0.4) is 0 Å². The predicted molar refractivity (Wildman–Crippen MR) is 314 cm³/mol. The Morgan fingerprint density at radius 3 is 1.42 bits per heavy atom. The van der Waals surface area contributed by atoms with Crippen molar-refractivity contribution >= 4 is 29.8 Å². The van der Waals surface area contributed by atoms with E-state index in [2.05, 4.69) is 27.7 Å². The number of carbonyl (C=O) groups is 5. The van der Waals surface area contributed by atoms with Crippen LogP contribution in [0.2, 0.25) is 0 Å². The molecule has 0 aliphatic carbocycles. The van der Waals surface area contributed by atoms with Crippen molar-refractivity contribution in [2.24, 2.45) is 11.8 Å². The van der Waals surface area contributed by atoms with Crippen molar-refractivity contribution in [1.29, 1.82) is 0 Å². The number of benzene rings is 1. The highest BCUT2D eigenvalue weighted by atomic mass is 16.6. The number of unbranched alkanes of at least 4 members (excludes halogenated alkanes) is 28. The van der Waals surface area contributed by atoms with Gasteiger partial charge in [0, 0.05) is 36.8 Å². The summed E-state index contributed by atoms with van der Waals surface area (Å²) in [5, 5.41) is 10.9. The van der Waals surface area contributed by atoms with Crippen LogP contribution in [0.4, 0.5) is 0 Å². The molecule has 0 spiro atoms. The summed E-state index contributed by atoms with van der Waals surface area (Å²) >= 11 is 0. The molecule has 12 nitrogen and oxygen atoms in total. The van der Waals surface area contributed by atoms with E-state index in [4.69, 9.17) is 28.4 Å². The number of allylic oxidation sites excluding steroid dienone is 2. The number of cyclic esters (lactones) is 1. The van der Waals surface area contributed by atoms with Crippen LogP contribution in [0, 0.1) is 18.8 Å². The molecule has 0 fully saturated rings. The van der Waals surface area contributed by atoms with Crippen molar-refractivity contribution in [2.75, 3.05) is 26.9 Å². The number of phenolic OH excluding ortho intramolecular Hbond substituents is 1. The number of phenols is 1. The van der Waals surface area contributed by atoms with Gasteiger partial charge in [-0.05, 0) is 63.4 Å². The molecule has 1 aromatic carbocycles. The van der Waals surface area contributed by atoms with E-state index in [0.29, 0.717) is 49.2 Å². The zero-order valence-electron chi connectivity index (χ0n) is 50.7. The molecule has 78 heavy (non-hydrogen) atoms. The zero-order chi connectivity index (χ0) is 57.0. The monoisotopic (exact) mass is 1100 g/mol. The minimum atomic E-state index is -0.835. The molecule has 0 saturated carbocycles. The first-order chi connectivity index (χ1) is 37.8. The number of aromatic hydroxyl groups is 1. The number of methoxy groups -OCH3 is 1. The Balaban J connectivity index is 1.65. The molecule has 1 N–H and O–H groups in total. The molecular formula is C66H112O12. The Hall–Kier alpha value is -4.09. The van der Waals surface area contributed by atoms with Gasteiger partial charge >= 0.3 is 29.8 Å². The highest BCUT2D eigenvalue weighted by Gasteiger charge is 2.32. The molecule has 0 radical (unpaired) electrons. The lowest BCUT2D eigenvalue weighted by molar-refractivity contribution is -0.167. The van der Waals surface area contributed by atoms with Gasteiger partial charge in [-0.3, -0.25) is 19.2 Å². The molecule has 0 aromatic heterocycles. The van der Waals surface area contributed by atoms with Gasteiger partial charge in [0.15, 0.2) is 6.10 Å². The predicted octanol–water partition coefficient (Wildman–Crippen LogP) is 17.5. The summed E-state index contributed by atoms with van der Waals surface area (Å²) in [6, 6.07) is 0. The smallest absolute Gasteiger partial charge is 0.342 e. The Labute approximate surface area is 474 Å². The Morgan fingerprint density at radius 1 is 0.551 bits per heavy atom. The van der Waals surface area contributed by atoms with Gasteiger partial charge < -0.3 is 33.5 Å². The Morgan fingerprint density at radius 2 is 0.962 bits per heavy atom. The van der Waals surface area contributed by atoms with Crippen LogP contribution in [-0.4, -0.2) is 68.0 Å². The van der Waals surface area contributed by atoms with E-state index in [1.54, 1.807) is 7.11 Å². The molecule has 0 amide bonds. The average molecular weight is 1100 g/mol. The Kier molecular flexibility index (Phi) is 40.9. The summed E-state index contributed by atoms with van der Waals surface area (Å²) in [5.74, 6) is -0.949. The number of hydrogen-bond acceptors (Lipinski definition) is 12. The first kappa shape index (κ1) is 70.0. The largest absolute Gasteiger partial charge is 0.507 e. The fourth-order valence-corrected chi connectivity index (χ4v) is 10.4. The van der Waals surface area contributed by atoms with Gasteiger partial charge in [0.1, 0.15) is 36.9 Å². The van der Waals surface area contributed by atoms with Crippen LogP contribution in [0.15, 0.2) is 11.6 Å². The van der Waals surface area contributed by atoms with Gasteiger partial charge in [-0.15, -0.1) is 0 Å². The van der Waals surface area contributed by atoms with E-state index < -0.39 is 12.1 Å². The average Bonchev–Trinajstić information content (AvgIpc) is 3.82. The second-order valence-corrected chi connectivity index (χ2v) is 23.1. The standard InChI is InChI=1S/C66H112O12/c1-8-10-12-14-16-18-20-22-24-26-28-33-37-41-59(67)75-49-56(50-76-60(68)42-38-34-29-27-25-23-21-19-17-15-13-11-9-2)78-62(70)47-53(4)39-35-31-30-32-36-40-54(5)48-74-61(69)46-44-52(3)43-45-57-64(71)63-58(51-77-66(63)72)55(6)65(57)73-7/h43,53-54,56,71H,8-42,44-51H2,1-7H3/b52-43+. The van der Waals surface area contributed by atoms with E-state index in [0.717, 1.165) is 94.6 Å². The third-order valence-electron chi connectivity index (χ3n) is 15.6. The number of esters is 5. The summed E-state index contributed by atoms with van der Waals surface area (Å²) in [6.45, 7) is 12.7. The molecule has 2 atom stereocenters. The second-order valence-electron chi connectivity index (χ2n) is 23.1. The van der Waals surface area contributed by atoms with E-state index in [1.165, 1.54) is 128 Å². The minimum absolute atomic E-state index is 0.109. The Bertz CT molecular complexity index is 1770. The summed E-state index contributed by atoms with van der Waals surface area (Å²) in [7, 11) is 1.54. The number of hydrogen-bond donors (Lipinski definition) is 1. The van der Waals surface area contributed by atoms with Gasteiger partial charge in [0.25, 0.3) is 0 Å². The van der Waals surface area contributed by atoms with E-state index >= 15 is 0 Å². The highest BCUT2D eigenvalue weighted by Crippen LogP contribution is 2.42. The summed E-state index contributed by atoms with van der Waals surface area (Å²) < 4.78 is 33.3. The van der Waals surface area contributed by atoms with Crippen LogP contribution in [0.5, 0.6) is 11.5 Å². The topological polar surface area (TPSA) is 161 Å². The SMILES string of the molecule is CCCCCCCCCCCCCCCC(=O)OCC(COC(=O)CCCCCCCCCCCCCCC)OC(=O)CC(C)CCCCCCCC(C)COC(=O)CC/C(C)=C/Cc1c(O)c2c(c(C)c1OC)COC2=O. The molecule has 1 aliphatic rings. The molecule has 1 aromatic rings. The van der Waals surface area contributed by atoms with Gasteiger partial charge in [0.05, 0.1) is 13.7 Å². The fourth-order valence-electron chi connectivity index (χ4n) is 10.4. The normalized spacial score (nSPS) is 13.1. The molecule has 1 aliphatic heterocycles. The highest BCUT2D eigenvalue weighted by molar-refractivity contribution is 5.98. The maximum atomic E-state index is 13.2. The van der Waals surface area contributed by atoms with Crippen molar-refractivity contribution < 1.29 is 57.5 Å². The molecule has 12 heteroatoms. The number of rotatable bonds is 51. The zero-order valence-corrected chi connectivity index (χ0v) is 50.7. The number of fused-ring (bicyclic) bond motifs is 1. The van der Waals surface area contributed by atoms with Crippen LogP contribution in [0.1, 0.15) is 306 Å². The molecular weight excluding hydrogens is 985 g/mol. The lowest BCUT2D eigenvalue weighted by atomic mass is 9.94. The fraction of sp³-hybridized carbons (Fsp3) is 0.803. The quantitative estimate of drug-likeness (QED) is 0.0285. The van der Waals surface area contributed by atoms with E-state index in [9.17, 15) is 29.1 Å². The number of carbonyl (C=O) groups excluding carboxylic acids is 5. The van der Waals surface area contributed by atoms with Crippen molar-refractivity contribution in [3.05, 3.63) is 33.9 Å². The van der Waals surface area contributed by atoms with Crippen molar-refractivity contribution in [1.82, 2.24) is 0 Å². The first-order valence-electron chi connectivity index (χ1n) is 31.7. The van der Waals surface area contributed by atoms with Gasteiger partial charge in [0.2, 0.25) is 0 Å². The van der Waals surface area contributed by atoms with Gasteiger partial charge in [-0.1, -0.05) is 232 Å². The minimum Gasteiger partial charge on any atom is -0.507 e. The van der Waals surface area contributed by atoms with Crippen molar-refractivity contribution in [2.45, 2.75) is 305 Å². The van der Waals surface area contributed by atoms with E-state index in [-0.39, 0.29) is 79.7 Å². The lowest BCUT2D eigenvalue weighted by Crippen LogP contribution is -2.31. The molecule has 0 bridgehead atoms. The molecule has 0 saturated heterocycles. The third-order valence-corrected chi connectivity index (χ3v) is 15.6. The molecule has 2 unspecified atom stereocenters. The van der Waals surface area contributed by atoms with Crippen LogP contribution >= 0.6 is 0 Å². The van der Waals surface area contributed by atoms with Crippen LogP contribution < -0.4 is 4.74 Å². The lowest BCUT2D eigenvalue weighted by Gasteiger charge is -2.19. The van der Waals surface area contributed by atoms with Gasteiger partial charge in [-0.2, -0.15) is 0 Å². The maximum absolute atomic E-state index is 13.2. The molecule has 448 valence electrons. The molecule has 1 heterocycles. The van der Waals surface area contributed by atoms with Crippen LogP contribution in [-0.2, 0) is 55.9 Å². The summed E-state index contributed by atoms with van der Waals surface area (Å²) in [6.07, 6.45) is 42.3. The molecule has 2 rings (SSSR count). The van der Waals surface area contributed by atoms with Crippen LogP contribution in [0.25, 0.3) is 0 Å².